The van der Waals surface area contributed by atoms with Crippen LogP contribution in [0.15, 0.2) is 59.2 Å². The zero-order valence-electron chi connectivity index (χ0n) is 30.8. The lowest BCUT2D eigenvalue weighted by Gasteiger charge is -2.55. The standard InChI is InChI=1S/C42H52O9/c1-8-13-32-36-27(5)33(44)22-42(32,45)19-12-10-9-11-14-34(36)49-40-37(50-35-21-26(4)30(23-46-35)20-25(2)3)38-41(7,28(6)48-40)24-47-39(51-38)29-15-17-31(43)18-16-29/h9-10,13,15-18,25-26,28,30,34-35,37-40,43,45H,8,20-24H2,1-7H3/b10-9-,32-13+/t26?,28?,30?,34-,35?,37?,38?,39?,40?,41?,42-/m0/s1. The molecule has 2 N–H and O–H groups in total. The molecule has 0 radical (unpaired) electrons. The van der Waals surface area contributed by atoms with Crippen LogP contribution in [-0.2, 0) is 33.2 Å². The number of allylic oxidation sites excluding steroid dienone is 4. The summed E-state index contributed by atoms with van der Waals surface area (Å²) in [7, 11) is 0. The summed E-state index contributed by atoms with van der Waals surface area (Å²) >= 11 is 0. The highest BCUT2D eigenvalue weighted by atomic mass is 16.8. The SMILES string of the molecule is CC/C=C1\C2=C(C)C(=O)C[C@@]1(O)C#C/C=C\C#C[C@@H]2OC1OC(C)C2(C)COC(c3ccc(O)cc3)OC2C1OC1CC(C)C(CC(C)C)CO1. The van der Waals surface area contributed by atoms with Crippen LogP contribution in [0.25, 0.3) is 0 Å². The number of Topliss-reactive ketones (excluding diaryl/α,β-unsaturated/α-hetero) is 1. The van der Waals surface area contributed by atoms with Crippen molar-refractivity contribution in [3.63, 3.8) is 0 Å². The maximum Gasteiger partial charge on any atom is 0.188 e. The zero-order valence-corrected chi connectivity index (χ0v) is 30.8. The van der Waals surface area contributed by atoms with Gasteiger partial charge in [-0.25, -0.2) is 0 Å². The molecule has 0 aromatic heterocycles. The average Bonchev–Trinajstić information content (AvgIpc) is 3.08. The predicted molar refractivity (Wildman–Crippen MR) is 191 cm³/mol. The minimum absolute atomic E-state index is 0.148. The minimum atomic E-state index is -1.69. The Hall–Kier alpha value is -3.25. The Bertz CT molecular complexity index is 1670. The first-order valence-electron chi connectivity index (χ1n) is 18.3. The topological polar surface area (TPSA) is 113 Å². The molecule has 0 spiro atoms. The molecule has 11 atom stereocenters. The number of hydrogen-bond donors (Lipinski definition) is 2. The molecule has 9 nitrogen and oxygen atoms in total. The molecule has 3 aliphatic heterocycles. The van der Waals surface area contributed by atoms with Crippen molar-refractivity contribution in [1.82, 2.24) is 0 Å². The van der Waals surface area contributed by atoms with Crippen LogP contribution >= 0.6 is 0 Å². The number of phenols is 1. The molecule has 51 heavy (non-hydrogen) atoms. The smallest absolute Gasteiger partial charge is 0.188 e. The Morgan fingerprint density at radius 2 is 1.82 bits per heavy atom. The van der Waals surface area contributed by atoms with Gasteiger partial charge in [-0.2, -0.15) is 0 Å². The fourth-order valence-corrected chi connectivity index (χ4v) is 7.87. The van der Waals surface area contributed by atoms with Crippen molar-refractivity contribution in [2.75, 3.05) is 13.2 Å². The summed E-state index contributed by atoms with van der Waals surface area (Å²) in [4.78, 5) is 13.4. The lowest BCUT2D eigenvalue weighted by molar-refractivity contribution is -0.396. The average molecular weight is 701 g/mol. The van der Waals surface area contributed by atoms with Crippen molar-refractivity contribution in [3.05, 3.63) is 64.8 Å². The van der Waals surface area contributed by atoms with Crippen molar-refractivity contribution in [2.45, 2.75) is 123 Å². The minimum Gasteiger partial charge on any atom is -0.508 e. The molecular formula is C42H52O9. The molecule has 2 aliphatic carbocycles. The number of phenolic OH excluding ortho intramolecular Hbond substituents is 1. The second kappa shape index (κ2) is 15.4. The second-order valence-electron chi connectivity index (χ2n) is 15.3. The summed E-state index contributed by atoms with van der Waals surface area (Å²) in [5, 5.41) is 21.8. The van der Waals surface area contributed by atoms with Gasteiger partial charge in [0.1, 0.15) is 24.1 Å². The van der Waals surface area contributed by atoms with Gasteiger partial charge in [-0.1, -0.05) is 76.5 Å². The van der Waals surface area contributed by atoms with E-state index in [0.717, 1.165) is 12.0 Å². The highest BCUT2D eigenvalue weighted by Gasteiger charge is 2.58. The molecule has 1 aromatic rings. The Balaban J connectivity index is 1.38. The molecule has 2 bridgehead atoms. The summed E-state index contributed by atoms with van der Waals surface area (Å²) < 4.78 is 40.0. The first kappa shape index (κ1) is 37.5. The van der Waals surface area contributed by atoms with Gasteiger partial charge in [0.2, 0.25) is 0 Å². The summed E-state index contributed by atoms with van der Waals surface area (Å²) in [6.07, 6.45) is 2.28. The van der Waals surface area contributed by atoms with Crippen LogP contribution in [-0.4, -0.2) is 71.8 Å². The van der Waals surface area contributed by atoms with Crippen LogP contribution in [0.5, 0.6) is 5.75 Å². The fraction of sp³-hybridized carbons (Fsp3) is 0.595. The van der Waals surface area contributed by atoms with Gasteiger partial charge in [-0.05, 0) is 79.9 Å². The molecule has 0 amide bonds. The van der Waals surface area contributed by atoms with E-state index in [1.807, 2.05) is 19.9 Å². The van der Waals surface area contributed by atoms with Crippen LogP contribution < -0.4 is 0 Å². The lowest BCUT2D eigenvalue weighted by atomic mass is 9.73. The number of ketones is 1. The lowest BCUT2D eigenvalue weighted by Crippen LogP contribution is -2.66. The molecule has 3 heterocycles. The molecule has 9 heteroatoms. The van der Waals surface area contributed by atoms with Crippen LogP contribution in [0, 0.1) is 46.9 Å². The number of hydrogen-bond acceptors (Lipinski definition) is 9. The Morgan fingerprint density at radius 1 is 1.08 bits per heavy atom. The molecule has 274 valence electrons. The summed E-state index contributed by atoms with van der Waals surface area (Å²) in [5.41, 5.74) is -0.0999. The summed E-state index contributed by atoms with van der Waals surface area (Å²) in [6.45, 7) is 15.4. The van der Waals surface area contributed by atoms with Crippen LogP contribution in [0.2, 0.25) is 0 Å². The number of aliphatic hydroxyl groups is 1. The highest BCUT2D eigenvalue weighted by Crippen LogP contribution is 2.48. The van der Waals surface area contributed by atoms with E-state index >= 15 is 0 Å². The van der Waals surface area contributed by atoms with E-state index in [2.05, 4.69) is 51.4 Å². The fourth-order valence-electron chi connectivity index (χ4n) is 7.87. The van der Waals surface area contributed by atoms with E-state index in [1.54, 1.807) is 43.3 Å². The third-order valence-electron chi connectivity index (χ3n) is 11.1. The van der Waals surface area contributed by atoms with E-state index in [1.165, 1.54) is 0 Å². The molecule has 9 unspecified atom stereocenters. The van der Waals surface area contributed by atoms with Gasteiger partial charge in [-0.3, -0.25) is 4.79 Å². The van der Waals surface area contributed by atoms with Crippen molar-refractivity contribution in [2.24, 2.45) is 23.2 Å². The van der Waals surface area contributed by atoms with Gasteiger partial charge in [-0.15, -0.1) is 0 Å². The van der Waals surface area contributed by atoms with E-state index in [4.69, 9.17) is 28.4 Å². The van der Waals surface area contributed by atoms with E-state index in [0.29, 0.717) is 60.5 Å². The van der Waals surface area contributed by atoms with Crippen LogP contribution in [0.3, 0.4) is 0 Å². The monoisotopic (exact) mass is 700 g/mol. The number of rotatable bonds is 8. The van der Waals surface area contributed by atoms with Crippen LogP contribution in [0.4, 0.5) is 0 Å². The summed E-state index contributed by atoms with van der Waals surface area (Å²) in [5.74, 6) is 13.3. The highest BCUT2D eigenvalue weighted by molar-refractivity contribution is 6.00. The molecule has 3 saturated heterocycles. The number of benzene rings is 1. The first-order valence-corrected chi connectivity index (χ1v) is 18.3. The predicted octanol–water partition coefficient (Wildman–Crippen LogP) is 6.31. The largest absolute Gasteiger partial charge is 0.508 e. The van der Waals surface area contributed by atoms with Gasteiger partial charge in [0.15, 0.2) is 30.3 Å². The molecule has 1 aromatic carbocycles. The molecule has 3 fully saturated rings. The number of fused-ring (bicyclic) bond motifs is 3. The maximum atomic E-state index is 13.4. The molecule has 5 aliphatic rings. The van der Waals surface area contributed by atoms with Crippen molar-refractivity contribution < 1.29 is 43.4 Å². The normalized spacial score (nSPS) is 39.4. The quantitative estimate of drug-likeness (QED) is 0.302. The Labute approximate surface area is 302 Å². The third kappa shape index (κ3) is 7.77. The van der Waals surface area contributed by atoms with Crippen LogP contribution in [0.1, 0.15) is 86.0 Å². The second-order valence-corrected chi connectivity index (χ2v) is 15.3. The Morgan fingerprint density at radius 3 is 2.53 bits per heavy atom. The van der Waals surface area contributed by atoms with Gasteiger partial charge in [0.05, 0.1) is 25.7 Å². The van der Waals surface area contributed by atoms with E-state index in [9.17, 15) is 15.0 Å². The number of carbonyl (C=O) groups is 1. The van der Waals surface area contributed by atoms with Gasteiger partial charge in [0, 0.05) is 23.0 Å². The molecule has 0 saturated carbocycles. The Kier molecular flexibility index (Phi) is 11.3. The zero-order chi connectivity index (χ0) is 36.5. The molecule has 6 rings (SSSR count). The van der Waals surface area contributed by atoms with Crippen molar-refractivity contribution in [3.8, 4) is 29.4 Å². The first-order chi connectivity index (χ1) is 24.3. The van der Waals surface area contributed by atoms with Gasteiger partial charge < -0.3 is 38.6 Å². The number of aromatic hydroxyl groups is 1. The van der Waals surface area contributed by atoms with Gasteiger partial charge in [0.25, 0.3) is 0 Å². The third-order valence-corrected chi connectivity index (χ3v) is 11.1. The maximum absolute atomic E-state index is 13.4. The van der Waals surface area contributed by atoms with Gasteiger partial charge >= 0.3 is 0 Å². The van der Waals surface area contributed by atoms with Crippen molar-refractivity contribution in [1.29, 1.82) is 0 Å². The number of carbonyl (C=O) groups excluding carboxylic acids is 1. The molecular weight excluding hydrogens is 648 g/mol. The van der Waals surface area contributed by atoms with Crippen molar-refractivity contribution >= 4 is 5.78 Å². The van der Waals surface area contributed by atoms with E-state index in [-0.39, 0.29) is 18.0 Å². The van der Waals surface area contributed by atoms with E-state index < -0.39 is 54.3 Å². The number of ether oxygens (including phenoxy) is 6. The summed E-state index contributed by atoms with van der Waals surface area (Å²) in [6, 6.07) is 6.77.